The quantitative estimate of drug-likeness (QED) is 0.107. The first-order chi connectivity index (χ1) is 12.5. The first kappa shape index (κ1) is 24.6. The highest BCUT2D eigenvalue weighted by Crippen LogP contribution is 2.38. The van der Waals surface area contributed by atoms with Crippen molar-refractivity contribution in [2.75, 3.05) is 41.0 Å². The maximum Gasteiger partial charge on any atom is 0.362 e. The molecule has 0 aliphatic carbocycles. The van der Waals surface area contributed by atoms with Crippen LogP contribution in [0.1, 0.15) is 32.1 Å². The van der Waals surface area contributed by atoms with E-state index in [-0.39, 0.29) is 18.2 Å². The van der Waals surface area contributed by atoms with Gasteiger partial charge in [0.05, 0.1) is 13.7 Å². The maximum absolute atomic E-state index is 11.7. The number of hydrogen-bond donors (Lipinski definition) is 1. The van der Waals surface area contributed by atoms with Crippen LogP contribution in [0.15, 0.2) is 12.2 Å². The highest BCUT2D eigenvalue weighted by Gasteiger charge is 2.10. The largest absolute Gasteiger partial charge is 0.362 e. The molecule has 0 aliphatic heterocycles. The van der Waals surface area contributed by atoms with Crippen LogP contribution in [0.25, 0.3) is 0 Å². The van der Waals surface area contributed by atoms with Gasteiger partial charge < -0.3 is 19.3 Å². The summed E-state index contributed by atoms with van der Waals surface area (Å²) in [6, 6.07) is 0. The summed E-state index contributed by atoms with van der Waals surface area (Å²) in [5, 5.41) is 2.82. The zero-order chi connectivity index (χ0) is 19.6. The fourth-order valence-electron chi connectivity index (χ4n) is 1.83. The Morgan fingerprint density at radius 2 is 1.88 bits per heavy atom. The fraction of sp³-hybridized carbons (Fsp3) is 0.688. The van der Waals surface area contributed by atoms with Crippen molar-refractivity contribution < 1.29 is 33.0 Å². The Labute approximate surface area is 155 Å². The van der Waals surface area contributed by atoms with Crippen molar-refractivity contribution in [3.63, 3.8) is 0 Å². The first-order valence-corrected chi connectivity index (χ1v) is 9.46. The lowest BCUT2D eigenvalue weighted by Crippen LogP contribution is -2.32. The van der Waals surface area contributed by atoms with E-state index in [2.05, 4.69) is 10.2 Å². The average Bonchev–Trinajstić information content (AvgIpc) is 2.65. The van der Waals surface area contributed by atoms with Crippen molar-refractivity contribution in [2.45, 2.75) is 32.1 Å². The molecule has 0 spiro atoms. The van der Waals surface area contributed by atoms with Crippen LogP contribution in [-0.4, -0.2) is 64.0 Å². The number of likely N-dealkylation sites (N-methyl/N-ethyl adjacent to an activating group) is 1. The van der Waals surface area contributed by atoms with Crippen LogP contribution < -0.4 is 5.32 Å². The van der Waals surface area contributed by atoms with Crippen LogP contribution in [0.3, 0.4) is 0 Å². The van der Waals surface area contributed by atoms with E-state index in [1.807, 2.05) is 0 Å². The minimum Gasteiger partial charge on any atom is -0.356 e. The summed E-state index contributed by atoms with van der Waals surface area (Å²) in [6.45, 7) is 1.42. The van der Waals surface area contributed by atoms with Gasteiger partial charge in [-0.2, -0.15) is 4.67 Å². The van der Waals surface area contributed by atoms with Gasteiger partial charge in [0, 0.05) is 39.7 Å². The number of unbranched alkanes of at least 4 members (excludes halogenated alkanes) is 3. The molecule has 0 heterocycles. The van der Waals surface area contributed by atoms with Crippen molar-refractivity contribution in [2.24, 2.45) is 0 Å². The number of carbonyl (C=O) groups excluding carboxylic acids is 3. The van der Waals surface area contributed by atoms with Crippen LogP contribution in [0.5, 0.6) is 0 Å². The van der Waals surface area contributed by atoms with Gasteiger partial charge in [-0.1, -0.05) is 12.8 Å². The number of aldehydes is 1. The van der Waals surface area contributed by atoms with Crippen LogP contribution in [0.4, 0.5) is 0 Å². The van der Waals surface area contributed by atoms with E-state index in [4.69, 9.17) is 13.7 Å². The number of carbonyl (C=O) groups is 3. The molecule has 0 aromatic rings. The lowest BCUT2D eigenvalue weighted by molar-refractivity contribution is -0.189. The van der Waals surface area contributed by atoms with Gasteiger partial charge >= 0.3 is 8.60 Å². The van der Waals surface area contributed by atoms with Gasteiger partial charge in [0.2, 0.25) is 11.8 Å². The molecule has 150 valence electrons. The van der Waals surface area contributed by atoms with Crippen LogP contribution in [0, 0.1) is 0 Å². The Bertz CT molecular complexity index is 435. The van der Waals surface area contributed by atoms with Crippen molar-refractivity contribution in [3.05, 3.63) is 12.2 Å². The predicted octanol–water partition coefficient (Wildman–Crippen LogP) is 1.73. The highest BCUT2D eigenvalue weighted by atomic mass is 31.2. The molecule has 0 saturated carbocycles. The van der Waals surface area contributed by atoms with Gasteiger partial charge in [-0.15, -0.1) is 0 Å². The molecule has 1 N–H and O–H groups in total. The summed E-state index contributed by atoms with van der Waals surface area (Å²) >= 11 is 0. The standard InChI is InChI=1S/C16H29N2O7P/c1-18(16(21)9-8-13-19)12-10-15(20)17-11-6-4-5-7-14-24-26(23-3)25-22-2/h8-9,13H,4-7,10-12,14H2,1-3H3,(H,17,20)/b9-8-. The van der Waals surface area contributed by atoms with Gasteiger partial charge in [0.15, 0.2) is 0 Å². The Balaban J connectivity index is 3.58. The van der Waals surface area contributed by atoms with Crippen molar-refractivity contribution in [3.8, 4) is 0 Å². The molecule has 9 nitrogen and oxygen atoms in total. The van der Waals surface area contributed by atoms with Gasteiger partial charge in [0.1, 0.15) is 6.29 Å². The smallest absolute Gasteiger partial charge is 0.356 e. The second-order valence-electron chi connectivity index (χ2n) is 5.25. The average molecular weight is 392 g/mol. The summed E-state index contributed by atoms with van der Waals surface area (Å²) in [5.74, 6) is -0.407. The number of hydrogen-bond acceptors (Lipinski definition) is 7. The molecule has 10 heteroatoms. The molecule has 0 aliphatic rings. The van der Waals surface area contributed by atoms with Gasteiger partial charge in [-0.05, 0) is 18.9 Å². The normalized spacial score (nSPS) is 12.1. The SMILES string of the molecule is COOP(OC)OCCCCCCNC(=O)CCN(C)C(=O)/C=C\C=O. The molecule has 0 aromatic heterocycles. The summed E-state index contributed by atoms with van der Waals surface area (Å²) in [6.07, 6.45) is 6.74. The van der Waals surface area contributed by atoms with E-state index < -0.39 is 8.60 Å². The molecule has 0 saturated heterocycles. The molecule has 0 radical (unpaired) electrons. The van der Waals surface area contributed by atoms with E-state index in [0.29, 0.717) is 26.0 Å². The number of nitrogens with one attached hydrogen (secondary N) is 1. The van der Waals surface area contributed by atoms with Gasteiger partial charge in [-0.25, -0.2) is 4.89 Å². The third-order valence-corrected chi connectivity index (χ3v) is 4.20. The van der Waals surface area contributed by atoms with Crippen LogP contribution in [0.2, 0.25) is 0 Å². The second kappa shape index (κ2) is 17.1. The molecule has 0 bridgehead atoms. The Kier molecular flexibility index (Phi) is 16.1. The molecule has 1 unspecified atom stereocenters. The monoisotopic (exact) mass is 392 g/mol. The number of nitrogens with zero attached hydrogens (tertiary/aromatic N) is 1. The number of amides is 2. The van der Waals surface area contributed by atoms with Crippen molar-refractivity contribution in [1.82, 2.24) is 10.2 Å². The molecule has 0 rings (SSSR count). The highest BCUT2D eigenvalue weighted by molar-refractivity contribution is 7.41. The Morgan fingerprint density at radius 1 is 1.15 bits per heavy atom. The lowest BCUT2D eigenvalue weighted by Gasteiger charge is -2.14. The summed E-state index contributed by atoms with van der Waals surface area (Å²) in [5.41, 5.74) is 0. The molecule has 1 atom stereocenters. The van der Waals surface area contributed by atoms with E-state index in [0.717, 1.165) is 31.8 Å². The summed E-state index contributed by atoms with van der Waals surface area (Å²) in [7, 11) is 3.03. The van der Waals surface area contributed by atoms with E-state index >= 15 is 0 Å². The topological polar surface area (TPSA) is 103 Å². The molecular weight excluding hydrogens is 363 g/mol. The predicted molar refractivity (Wildman–Crippen MR) is 96.9 cm³/mol. The van der Waals surface area contributed by atoms with Crippen LogP contribution >= 0.6 is 8.60 Å². The summed E-state index contributed by atoms with van der Waals surface area (Å²) in [4.78, 5) is 39.3. The zero-order valence-corrected chi connectivity index (χ0v) is 16.5. The number of allylic oxidation sites excluding steroid dienone is 1. The van der Waals surface area contributed by atoms with Crippen LogP contribution in [-0.2, 0) is 33.0 Å². The lowest BCUT2D eigenvalue weighted by atomic mass is 10.2. The van der Waals surface area contributed by atoms with Gasteiger partial charge in [-0.3, -0.25) is 14.4 Å². The Morgan fingerprint density at radius 3 is 2.54 bits per heavy atom. The first-order valence-electron chi connectivity index (χ1n) is 8.36. The van der Waals surface area contributed by atoms with E-state index in [1.54, 1.807) is 7.05 Å². The van der Waals surface area contributed by atoms with E-state index in [1.165, 1.54) is 25.2 Å². The minimum atomic E-state index is -1.44. The minimum absolute atomic E-state index is 0.102. The third kappa shape index (κ3) is 13.9. The van der Waals surface area contributed by atoms with E-state index in [9.17, 15) is 14.4 Å². The third-order valence-electron chi connectivity index (χ3n) is 3.24. The maximum atomic E-state index is 11.7. The number of rotatable bonds is 16. The summed E-state index contributed by atoms with van der Waals surface area (Å²) < 4.78 is 15.0. The molecule has 26 heavy (non-hydrogen) atoms. The fourth-order valence-corrected chi connectivity index (χ4v) is 2.44. The Hall–Kier alpha value is -1.38. The van der Waals surface area contributed by atoms with Crippen molar-refractivity contribution in [1.29, 1.82) is 0 Å². The van der Waals surface area contributed by atoms with Gasteiger partial charge in [0.25, 0.3) is 0 Å². The zero-order valence-electron chi connectivity index (χ0n) is 15.6. The second-order valence-corrected chi connectivity index (χ2v) is 6.47. The molecular formula is C16H29N2O7P. The molecule has 0 fully saturated rings. The van der Waals surface area contributed by atoms with Crippen molar-refractivity contribution >= 4 is 26.7 Å². The molecule has 2 amide bonds. The molecule has 0 aromatic carbocycles.